The van der Waals surface area contributed by atoms with E-state index in [9.17, 15) is 22.8 Å². The molecular weight excluding hydrogens is 457 g/mol. The number of Topliss-reactive ketones (excluding diaryl/α,β-unsaturated/α-hetero) is 1. The van der Waals surface area contributed by atoms with Crippen LogP contribution >= 0.6 is 15.9 Å². The van der Waals surface area contributed by atoms with Crippen LogP contribution in [0.5, 0.6) is 5.75 Å². The van der Waals surface area contributed by atoms with Gasteiger partial charge in [0.25, 0.3) is 5.91 Å². The second-order valence-corrected chi connectivity index (χ2v) is 7.14. The normalized spacial score (nSPS) is 15.9. The van der Waals surface area contributed by atoms with Crippen LogP contribution in [-0.2, 0) is 4.79 Å². The summed E-state index contributed by atoms with van der Waals surface area (Å²) >= 11 is 3.19. The lowest BCUT2D eigenvalue weighted by Crippen LogP contribution is -2.73. The summed E-state index contributed by atoms with van der Waals surface area (Å²) in [5.74, 6) is -1.01. The largest absolute Gasteiger partial charge is 0.573 e. The monoisotopic (exact) mass is 477 g/mol. The number of nitrogens with zero attached hydrogens (tertiary/aromatic N) is 2. The van der Waals surface area contributed by atoms with Crippen LogP contribution in [0.25, 0.3) is 0 Å². The Hall–Kier alpha value is -2.24. The number of nitrogens with two attached hydrogens (primary N) is 1. The number of alkyl halides is 3. The van der Waals surface area contributed by atoms with E-state index in [-0.39, 0.29) is 35.3 Å². The SMILES string of the molecule is C[NH2+]C=C(Br)C(=N)C(=O)N1CCN(CC(=O)c2ccc(OC(F)(F)F)cc2)CC1. The third-order valence-electron chi connectivity index (χ3n) is 4.20. The van der Waals surface area contributed by atoms with E-state index in [4.69, 9.17) is 5.41 Å². The molecule has 2 rings (SSSR count). The van der Waals surface area contributed by atoms with Crippen molar-refractivity contribution in [2.24, 2.45) is 0 Å². The number of benzene rings is 1. The van der Waals surface area contributed by atoms with Gasteiger partial charge in [-0.15, -0.1) is 13.2 Å². The summed E-state index contributed by atoms with van der Waals surface area (Å²) in [7, 11) is 1.78. The molecule has 0 aliphatic carbocycles. The maximum Gasteiger partial charge on any atom is 0.573 e. The fourth-order valence-corrected chi connectivity index (χ4v) is 3.17. The number of carbonyl (C=O) groups is 2. The van der Waals surface area contributed by atoms with Crippen LogP contribution in [0, 0.1) is 5.41 Å². The lowest BCUT2D eigenvalue weighted by atomic mass is 10.1. The highest BCUT2D eigenvalue weighted by Crippen LogP contribution is 2.23. The Bertz CT molecular complexity index is 789. The first-order valence-corrected chi connectivity index (χ1v) is 9.54. The minimum Gasteiger partial charge on any atom is -0.406 e. The van der Waals surface area contributed by atoms with E-state index < -0.39 is 6.36 Å². The Kier molecular flexibility index (Phi) is 7.94. The maximum absolute atomic E-state index is 12.4. The van der Waals surface area contributed by atoms with E-state index in [1.807, 2.05) is 4.90 Å². The number of quaternary nitrogens is 1. The number of piperazine rings is 1. The molecule has 0 bridgehead atoms. The quantitative estimate of drug-likeness (QED) is 0.458. The predicted octanol–water partition coefficient (Wildman–Crippen LogP) is 1.36. The number of ketones is 1. The second-order valence-electron chi connectivity index (χ2n) is 6.29. The highest BCUT2D eigenvalue weighted by atomic mass is 79.9. The van der Waals surface area contributed by atoms with E-state index in [0.717, 1.165) is 12.1 Å². The molecule has 7 nitrogen and oxygen atoms in total. The van der Waals surface area contributed by atoms with Gasteiger partial charge in [0.2, 0.25) is 0 Å². The Balaban J connectivity index is 1.86. The molecule has 0 spiro atoms. The summed E-state index contributed by atoms with van der Waals surface area (Å²) < 4.78 is 40.7. The Morgan fingerprint density at radius 2 is 1.79 bits per heavy atom. The van der Waals surface area contributed by atoms with Crippen molar-refractivity contribution >= 4 is 33.3 Å². The Morgan fingerprint density at radius 1 is 1.21 bits per heavy atom. The molecule has 3 N–H and O–H groups in total. The highest BCUT2D eigenvalue weighted by molar-refractivity contribution is 9.12. The van der Waals surface area contributed by atoms with E-state index in [0.29, 0.717) is 30.7 Å². The molecule has 1 saturated heterocycles. The van der Waals surface area contributed by atoms with Crippen molar-refractivity contribution in [2.45, 2.75) is 6.36 Å². The highest BCUT2D eigenvalue weighted by Gasteiger charge is 2.31. The fraction of sp³-hybridized carbons (Fsp3) is 0.389. The molecule has 158 valence electrons. The van der Waals surface area contributed by atoms with Crippen molar-refractivity contribution in [1.82, 2.24) is 9.80 Å². The molecule has 0 saturated carbocycles. The molecule has 1 fully saturated rings. The van der Waals surface area contributed by atoms with Gasteiger partial charge in [0, 0.05) is 31.7 Å². The number of ether oxygens (including phenoxy) is 1. The fourth-order valence-electron chi connectivity index (χ4n) is 2.74. The molecule has 1 aromatic rings. The number of rotatable bonds is 7. The van der Waals surface area contributed by atoms with Crippen molar-refractivity contribution in [3.05, 3.63) is 40.5 Å². The minimum absolute atomic E-state index is 0.0906. The van der Waals surface area contributed by atoms with Crippen molar-refractivity contribution in [3.8, 4) is 5.75 Å². The lowest BCUT2D eigenvalue weighted by molar-refractivity contribution is -0.556. The molecule has 1 aliphatic heterocycles. The number of carbonyl (C=O) groups excluding carboxylic acids is 2. The molecule has 1 amide bonds. The zero-order valence-electron chi connectivity index (χ0n) is 15.6. The van der Waals surface area contributed by atoms with Crippen LogP contribution in [-0.4, -0.2) is 73.3 Å². The molecule has 29 heavy (non-hydrogen) atoms. The first-order chi connectivity index (χ1) is 13.6. The van der Waals surface area contributed by atoms with Gasteiger partial charge in [-0.2, -0.15) is 0 Å². The first kappa shape index (κ1) is 23.0. The van der Waals surface area contributed by atoms with Gasteiger partial charge in [-0.05, 0) is 40.2 Å². The number of halogens is 4. The average Bonchev–Trinajstić information content (AvgIpc) is 2.67. The molecule has 11 heteroatoms. The van der Waals surface area contributed by atoms with Crippen LogP contribution in [0.3, 0.4) is 0 Å². The van der Waals surface area contributed by atoms with E-state index in [2.05, 4.69) is 20.7 Å². The van der Waals surface area contributed by atoms with Gasteiger partial charge in [0.05, 0.1) is 13.6 Å². The maximum atomic E-state index is 12.4. The smallest absolute Gasteiger partial charge is 0.406 e. The molecule has 0 radical (unpaired) electrons. The van der Waals surface area contributed by atoms with E-state index in [1.165, 1.54) is 12.1 Å². The molecule has 0 aromatic heterocycles. The number of hydrogen-bond acceptors (Lipinski definition) is 5. The molecule has 0 atom stereocenters. The minimum atomic E-state index is -4.78. The van der Waals surface area contributed by atoms with E-state index in [1.54, 1.807) is 23.5 Å². The molecule has 1 aromatic carbocycles. The summed E-state index contributed by atoms with van der Waals surface area (Å²) in [6.07, 6.45) is -3.15. The topological polar surface area (TPSA) is 90.3 Å². The summed E-state index contributed by atoms with van der Waals surface area (Å²) in [4.78, 5) is 28.1. The van der Waals surface area contributed by atoms with Crippen molar-refractivity contribution < 1.29 is 32.8 Å². The molecule has 0 unspecified atom stereocenters. The van der Waals surface area contributed by atoms with Gasteiger partial charge in [0.1, 0.15) is 22.1 Å². The van der Waals surface area contributed by atoms with Gasteiger partial charge in [-0.3, -0.25) is 19.9 Å². The van der Waals surface area contributed by atoms with Gasteiger partial charge in [-0.25, -0.2) is 0 Å². The number of amides is 1. The molecule has 1 heterocycles. The molecule has 1 aliphatic rings. The van der Waals surface area contributed by atoms with E-state index >= 15 is 0 Å². The first-order valence-electron chi connectivity index (χ1n) is 8.75. The van der Waals surface area contributed by atoms with Gasteiger partial charge >= 0.3 is 6.36 Å². The average molecular weight is 478 g/mol. The van der Waals surface area contributed by atoms with Gasteiger partial charge in [0.15, 0.2) is 5.78 Å². The van der Waals surface area contributed by atoms with Crippen molar-refractivity contribution in [3.63, 3.8) is 0 Å². The van der Waals surface area contributed by atoms with Crippen LogP contribution < -0.4 is 10.1 Å². The van der Waals surface area contributed by atoms with Crippen LogP contribution in [0.2, 0.25) is 0 Å². The van der Waals surface area contributed by atoms with Gasteiger partial charge < -0.3 is 15.0 Å². The summed E-state index contributed by atoms with van der Waals surface area (Å²) in [5.41, 5.74) is 0.151. The second kappa shape index (κ2) is 9.99. The summed E-state index contributed by atoms with van der Waals surface area (Å²) in [6.45, 7) is 1.77. The zero-order chi connectivity index (χ0) is 21.6. The van der Waals surface area contributed by atoms with Crippen LogP contribution in [0.15, 0.2) is 34.9 Å². The Morgan fingerprint density at radius 3 is 2.31 bits per heavy atom. The third-order valence-corrected chi connectivity index (χ3v) is 4.86. The summed E-state index contributed by atoms with van der Waals surface area (Å²) in [5, 5.41) is 9.63. The van der Waals surface area contributed by atoms with Crippen molar-refractivity contribution in [2.75, 3.05) is 39.8 Å². The predicted molar refractivity (Wildman–Crippen MR) is 103 cm³/mol. The van der Waals surface area contributed by atoms with Gasteiger partial charge in [-0.1, -0.05) is 0 Å². The van der Waals surface area contributed by atoms with Crippen LogP contribution in [0.1, 0.15) is 10.4 Å². The van der Waals surface area contributed by atoms with Crippen molar-refractivity contribution in [1.29, 1.82) is 5.41 Å². The lowest BCUT2D eigenvalue weighted by Gasteiger charge is -2.34. The Labute approximate surface area is 174 Å². The number of hydrogen-bond donors (Lipinski definition) is 2. The number of nitrogens with one attached hydrogen (secondary N) is 1. The standard InChI is InChI=1S/C18H20BrF3N4O3/c1-24-10-14(19)16(23)17(28)26-8-6-25(7-9-26)11-15(27)12-2-4-13(5-3-12)29-18(20,21)22/h2-5,10,23-24H,6-9,11H2,1H3/p+1. The van der Waals surface area contributed by atoms with Crippen LogP contribution in [0.4, 0.5) is 13.2 Å². The third kappa shape index (κ3) is 6.94. The molecular formula is C18H21BrF3N4O3+. The summed E-state index contributed by atoms with van der Waals surface area (Å²) in [6, 6.07) is 4.78. The zero-order valence-corrected chi connectivity index (χ0v) is 17.2.